The Balaban J connectivity index is 1.84. The molecule has 0 saturated heterocycles. The predicted molar refractivity (Wildman–Crippen MR) is 83.1 cm³/mol. The number of ether oxygens (including phenoxy) is 1. The molecule has 0 unspecified atom stereocenters. The molecule has 0 radical (unpaired) electrons. The molecule has 2 rings (SSSR count). The maximum Gasteiger partial charge on any atom is 0.416 e. The van der Waals surface area contributed by atoms with E-state index in [0.29, 0.717) is 18.2 Å². The van der Waals surface area contributed by atoms with Gasteiger partial charge in [-0.25, -0.2) is 0 Å². The van der Waals surface area contributed by atoms with Gasteiger partial charge in [-0.15, -0.1) is 0 Å². The Hall–Kier alpha value is -2.48. The molecule has 1 amide bonds. The van der Waals surface area contributed by atoms with Gasteiger partial charge >= 0.3 is 12.1 Å². The van der Waals surface area contributed by atoms with Crippen LogP contribution in [0.25, 0.3) is 0 Å². The number of carbonyl (C=O) groups is 2. The monoisotopic (exact) mass is 375 g/mol. The third-order valence-electron chi connectivity index (χ3n) is 3.09. The largest absolute Gasteiger partial charge is 0.469 e. The van der Waals surface area contributed by atoms with Gasteiger partial charge in [0.2, 0.25) is 0 Å². The average Bonchev–Trinajstić information content (AvgIpc) is 3.05. The molecule has 0 aliphatic rings. The lowest BCUT2D eigenvalue weighted by Crippen LogP contribution is -2.21. The van der Waals surface area contributed by atoms with E-state index in [9.17, 15) is 22.8 Å². The van der Waals surface area contributed by atoms with Crippen molar-refractivity contribution >= 4 is 29.2 Å². The summed E-state index contributed by atoms with van der Waals surface area (Å²) in [4.78, 5) is 23.2. The quantitative estimate of drug-likeness (QED) is 0.773. The SMILES string of the molecule is O=C(COC(=O)CCc1ccco1)Nc1cc(C(F)(F)F)ccc1Cl. The first-order valence-corrected chi connectivity index (χ1v) is 7.48. The minimum absolute atomic E-state index is 0.00507. The van der Waals surface area contributed by atoms with Gasteiger partial charge in [-0.2, -0.15) is 13.2 Å². The maximum absolute atomic E-state index is 12.7. The van der Waals surface area contributed by atoms with E-state index >= 15 is 0 Å². The lowest BCUT2D eigenvalue weighted by atomic mass is 10.2. The normalized spacial score (nSPS) is 11.2. The number of nitrogens with one attached hydrogen (secondary N) is 1. The number of furan rings is 1. The first-order valence-electron chi connectivity index (χ1n) is 7.10. The van der Waals surface area contributed by atoms with Gasteiger partial charge in [0.1, 0.15) is 5.76 Å². The molecule has 1 aromatic carbocycles. The highest BCUT2D eigenvalue weighted by atomic mass is 35.5. The van der Waals surface area contributed by atoms with Crippen molar-refractivity contribution in [3.8, 4) is 0 Å². The van der Waals surface area contributed by atoms with Crippen LogP contribution in [0.15, 0.2) is 41.0 Å². The smallest absolute Gasteiger partial charge is 0.416 e. The zero-order valence-corrected chi connectivity index (χ0v) is 13.5. The molecule has 0 fully saturated rings. The Bertz CT molecular complexity index is 744. The number of alkyl halides is 3. The molecule has 9 heteroatoms. The third-order valence-corrected chi connectivity index (χ3v) is 3.42. The number of hydrogen-bond acceptors (Lipinski definition) is 4. The number of hydrogen-bond donors (Lipinski definition) is 1. The summed E-state index contributed by atoms with van der Waals surface area (Å²) >= 11 is 5.76. The van der Waals surface area contributed by atoms with Crippen LogP contribution >= 0.6 is 11.6 Å². The summed E-state index contributed by atoms with van der Waals surface area (Å²) < 4.78 is 47.8. The second-order valence-electron chi connectivity index (χ2n) is 4.98. The van der Waals surface area contributed by atoms with Gasteiger partial charge in [0.15, 0.2) is 6.61 Å². The predicted octanol–water partition coefficient (Wildman–Crippen LogP) is 4.07. The van der Waals surface area contributed by atoms with E-state index < -0.39 is 30.2 Å². The first kappa shape index (κ1) is 18.9. The van der Waals surface area contributed by atoms with Crippen molar-refractivity contribution < 1.29 is 31.9 Å². The molecular weight excluding hydrogens is 363 g/mol. The fourth-order valence-corrected chi connectivity index (χ4v) is 2.05. The highest BCUT2D eigenvalue weighted by Crippen LogP contribution is 2.33. The van der Waals surface area contributed by atoms with Crippen molar-refractivity contribution in [3.05, 3.63) is 52.9 Å². The van der Waals surface area contributed by atoms with E-state index in [1.54, 1.807) is 12.1 Å². The van der Waals surface area contributed by atoms with E-state index in [2.05, 4.69) is 5.32 Å². The number of carbonyl (C=O) groups excluding carboxylic acids is 2. The molecule has 0 bridgehead atoms. The van der Waals surface area contributed by atoms with Gasteiger partial charge in [-0.05, 0) is 30.3 Å². The molecule has 0 saturated carbocycles. The van der Waals surface area contributed by atoms with E-state index in [4.69, 9.17) is 20.8 Å². The van der Waals surface area contributed by atoms with Gasteiger partial charge in [-0.1, -0.05) is 11.6 Å². The van der Waals surface area contributed by atoms with Crippen LogP contribution in [0.2, 0.25) is 5.02 Å². The summed E-state index contributed by atoms with van der Waals surface area (Å²) in [5.74, 6) is -0.841. The number of benzene rings is 1. The molecule has 1 aromatic heterocycles. The van der Waals surface area contributed by atoms with Crippen molar-refractivity contribution in [2.75, 3.05) is 11.9 Å². The summed E-state index contributed by atoms with van der Waals surface area (Å²) in [6, 6.07) is 5.89. The molecule has 0 aliphatic heterocycles. The molecule has 25 heavy (non-hydrogen) atoms. The Morgan fingerprint density at radius 3 is 2.64 bits per heavy atom. The molecule has 5 nitrogen and oxygen atoms in total. The third kappa shape index (κ3) is 5.82. The Labute approximate surface area is 145 Å². The van der Waals surface area contributed by atoms with Crippen LogP contribution < -0.4 is 5.32 Å². The Morgan fingerprint density at radius 2 is 2.00 bits per heavy atom. The molecule has 1 N–H and O–H groups in total. The first-order chi connectivity index (χ1) is 11.8. The minimum Gasteiger partial charge on any atom is -0.469 e. The highest BCUT2D eigenvalue weighted by Gasteiger charge is 2.31. The van der Waals surface area contributed by atoms with Crippen molar-refractivity contribution in [3.63, 3.8) is 0 Å². The fourth-order valence-electron chi connectivity index (χ4n) is 1.88. The van der Waals surface area contributed by atoms with Gasteiger partial charge in [0.25, 0.3) is 5.91 Å². The van der Waals surface area contributed by atoms with Crippen LogP contribution in [0.4, 0.5) is 18.9 Å². The standard InChI is InChI=1S/C16H13ClF3NO4/c17-12-5-3-10(16(18,19)20)8-13(12)21-14(22)9-25-15(23)6-4-11-2-1-7-24-11/h1-3,5,7-8H,4,6,9H2,(H,21,22). The number of amides is 1. The van der Waals surface area contributed by atoms with Crippen LogP contribution in [0, 0.1) is 0 Å². The number of anilines is 1. The van der Waals surface area contributed by atoms with E-state index in [1.807, 2.05) is 0 Å². The summed E-state index contributed by atoms with van der Waals surface area (Å²) in [5, 5.41) is 2.12. The molecular formula is C16H13ClF3NO4. The number of rotatable bonds is 6. The second-order valence-corrected chi connectivity index (χ2v) is 5.39. The molecule has 1 heterocycles. The average molecular weight is 376 g/mol. The lowest BCUT2D eigenvalue weighted by molar-refractivity contribution is -0.147. The maximum atomic E-state index is 12.7. The molecule has 0 aliphatic carbocycles. The fraction of sp³-hybridized carbons (Fsp3) is 0.250. The van der Waals surface area contributed by atoms with E-state index in [1.165, 1.54) is 6.26 Å². The molecule has 134 valence electrons. The van der Waals surface area contributed by atoms with Gasteiger partial charge < -0.3 is 14.5 Å². The van der Waals surface area contributed by atoms with Crippen LogP contribution in [-0.2, 0) is 26.9 Å². The van der Waals surface area contributed by atoms with Gasteiger partial charge in [0, 0.05) is 6.42 Å². The van der Waals surface area contributed by atoms with Crippen LogP contribution in [0.1, 0.15) is 17.7 Å². The van der Waals surface area contributed by atoms with E-state index in [0.717, 1.165) is 12.1 Å². The highest BCUT2D eigenvalue weighted by molar-refractivity contribution is 6.33. The summed E-state index contributed by atoms with van der Waals surface area (Å²) in [6.07, 6.45) is -2.78. The topological polar surface area (TPSA) is 68.5 Å². The number of halogens is 4. The second kappa shape index (κ2) is 8.06. The minimum atomic E-state index is -4.57. The summed E-state index contributed by atoms with van der Waals surface area (Å²) in [7, 11) is 0. The Morgan fingerprint density at radius 1 is 1.24 bits per heavy atom. The van der Waals surface area contributed by atoms with Crippen molar-refractivity contribution in [2.24, 2.45) is 0 Å². The van der Waals surface area contributed by atoms with Crippen molar-refractivity contribution in [1.29, 1.82) is 0 Å². The summed E-state index contributed by atoms with van der Waals surface area (Å²) in [5.41, 5.74) is -1.17. The Kier molecular flexibility index (Phi) is 6.08. The van der Waals surface area contributed by atoms with Gasteiger partial charge in [-0.3, -0.25) is 9.59 Å². The number of aryl methyl sites for hydroxylation is 1. The number of esters is 1. The zero-order valence-electron chi connectivity index (χ0n) is 12.7. The molecule has 0 atom stereocenters. The van der Waals surface area contributed by atoms with Gasteiger partial charge in [0.05, 0.1) is 29.0 Å². The lowest BCUT2D eigenvalue weighted by Gasteiger charge is -2.11. The summed E-state index contributed by atoms with van der Waals surface area (Å²) in [6.45, 7) is -0.635. The molecule has 0 spiro atoms. The van der Waals surface area contributed by atoms with Crippen molar-refractivity contribution in [1.82, 2.24) is 0 Å². The molecule has 2 aromatic rings. The van der Waals surface area contributed by atoms with Crippen LogP contribution in [0.5, 0.6) is 0 Å². The van der Waals surface area contributed by atoms with Crippen LogP contribution in [0.3, 0.4) is 0 Å². The van der Waals surface area contributed by atoms with Crippen LogP contribution in [-0.4, -0.2) is 18.5 Å². The van der Waals surface area contributed by atoms with E-state index in [-0.39, 0.29) is 17.1 Å². The van der Waals surface area contributed by atoms with Crippen molar-refractivity contribution in [2.45, 2.75) is 19.0 Å². The zero-order chi connectivity index (χ0) is 18.4.